The summed E-state index contributed by atoms with van der Waals surface area (Å²) in [5, 5.41) is 14.2. The van der Waals surface area contributed by atoms with Crippen LogP contribution >= 0.6 is 0 Å². The van der Waals surface area contributed by atoms with Gasteiger partial charge in [0.15, 0.2) is 0 Å². The number of H-pyrrole nitrogens is 1. The second-order valence-corrected chi connectivity index (χ2v) is 7.04. The minimum atomic E-state index is -0.353. The van der Waals surface area contributed by atoms with Crippen LogP contribution in [0.5, 0.6) is 0 Å². The number of pyridine rings is 2. The number of carbonyl (C=O) groups excluding carboxylic acids is 1. The first-order valence-electron chi connectivity index (χ1n) is 9.51. The molecular weight excluding hydrogens is 392 g/mol. The number of nitrogens with zero attached hydrogens (tertiary/aromatic N) is 1. The highest BCUT2D eigenvalue weighted by Gasteiger charge is 2.14. The third-order valence-corrected chi connectivity index (χ3v) is 4.87. The number of aromatic nitrogens is 2. The molecule has 2 aromatic carbocycles. The van der Waals surface area contributed by atoms with Crippen LogP contribution in [0.25, 0.3) is 10.9 Å². The fraction of sp³-hybridized carbons (Fsp3) is 0.0435. The van der Waals surface area contributed by atoms with E-state index in [-0.39, 0.29) is 11.5 Å². The van der Waals surface area contributed by atoms with Gasteiger partial charge < -0.3 is 26.8 Å². The number of fused-ring (bicyclic) bond motifs is 1. The van der Waals surface area contributed by atoms with E-state index in [0.717, 1.165) is 10.9 Å². The van der Waals surface area contributed by atoms with Gasteiger partial charge >= 0.3 is 0 Å². The highest BCUT2D eigenvalue weighted by Crippen LogP contribution is 2.24. The number of benzene rings is 2. The maximum atomic E-state index is 12.9. The smallest absolute Gasteiger partial charge is 0.259 e. The first-order chi connectivity index (χ1) is 14.9. The van der Waals surface area contributed by atoms with Gasteiger partial charge in [0.2, 0.25) is 5.56 Å². The van der Waals surface area contributed by atoms with Gasteiger partial charge in [-0.15, -0.1) is 0 Å². The lowest BCUT2D eigenvalue weighted by molar-refractivity contribution is 0.102. The van der Waals surface area contributed by atoms with Crippen LogP contribution in [-0.4, -0.2) is 22.1 Å². The van der Waals surface area contributed by atoms with Crippen molar-refractivity contribution in [3.8, 4) is 0 Å². The van der Waals surface area contributed by atoms with Gasteiger partial charge in [-0.2, -0.15) is 0 Å². The van der Waals surface area contributed by atoms with E-state index >= 15 is 0 Å². The average Bonchev–Trinajstić information content (AvgIpc) is 2.74. The molecule has 31 heavy (non-hydrogen) atoms. The molecule has 0 saturated carbocycles. The van der Waals surface area contributed by atoms with Gasteiger partial charge in [0.05, 0.1) is 11.1 Å². The van der Waals surface area contributed by atoms with Crippen molar-refractivity contribution in [3.05, 3.63) is 87.8 Å². The molecule has 0 bridgehead atoms. The SMILES string of the molecule is Cc1cc(=O)[nH]c2cc(NC(=O)c3cccnc3Nc3ccc(C=N)c(N)c3)ccc12. The topological polar surface area (TPSA) is 137 Å². The van der Waals surface area contributed by atoms with Gasteiger partial charge in [-0.05, 0) is 55.0 Å². The number of nitrogens with two attached hydrogens (primary N) is 1. The minimum Gasteiger partial charge on any atom is -0.398 e. The number of carbonyl (C=O) groups is 1. The molecule has 0 fully saturated rings. The summed E-state index contributed by atoms with van der Waals surface area (Å²) in [6.45, 7) is 1.87. The molecule has 8 nitrogen and oxygen atoms in total. The summed E-state index contributed by atoms with van der Waals surface area (Å²) in [5.74, 6) is 0.0149. The van der Waals surface area contributed by atoms with E-state index in [0.29, 0.717) is 39.5 Å². The number of nitrogens with one attached hydrogen (secondary N) is 4. The Morgan fingerprint density at radius 3 is 2.71 bits per heavy atom. The molecule has 2 heterocycles. The molecule has 0 saturated heterocycles. The Hall–Kier alpha value is -4.46. The van der Waals surface area contributed by atoms with Crippen LogP contribution in [0.4, 0.5) is 22.9 Å². The highest BCUT2D eigenvalue weighted by atomic mass is 16.1. The Balaban J connectivity index is 1.61. The summed E-state index contributed by atoms with van der Waals surface area (Å²) < 4.78 is 0. The fourth-order valence-electron chi connectivity index (χ4n) is 3.32. The van der Waals surface area contributed by atoms with Crippen LogP contribution in [-0.2, 0) is 0 Å². The lowest BCUT2D eigenvalue weighted by atomic mass is 10.1. The predicted octanol–water partition coefficient (Wildman–Crippen LogP) is 3.81. The van der Waals surface area contributed by atoms with Crippen LogP contribution in [0.3, 0.4) is 0 Å². The highest BCUT2D eigenvalue weighted by molar-refractivity contribution is 6.08. The number of rotatable bonds is 5. The molecule has 0 spiro atoms. The molecule has 0 unspecified atom stereocenters. The number of anilines is 4. The Labute approximate surface area is 177 Å². The summed E-state index contributed by atoms with van der Waals surface area (Å²) in [6, 6.07) is 15.4. The van der Waals surface area contributed by atoms with E-state index in [2.05, 4.69) is 20.6 Å². The van der Waals surface area contributed by atoms with E-state index in [9.17, 15) is 9.59 Å². The lowest BCUT2D eigenvalue weighted by Crippen LogP contribution is -2.15. The molecule has 4 rings (SSSR count). The van der Waals surface area contributed by atoms with Gasteiger partial charge in [-0.3, -0.25) is 9.59 Å². The summed E-state index contributed by atoms with van der Waals surface area (Å²) in [6.07, 6.45) is 2.76. The maximum Gasteiger partial charge on any atom is 0.259 e. The zero-order valence-corrected chi connectivity index (χ0v) is 16.7. The van der Waals surface area contributed by atoms with Crippen LogP contribution in [0.2, 0.25) is 0 Å². The largest absolute Gasteiger partial charge is 0.398 e. The maximum absolute atomic E-state index is 12.9. The number of hydrogen-bond acceptors (Lipinski definition) is 6. The van der Waals surface area contributed by atoms with Crippen molar-refractivity contribution in [2.75, 3.05) is 16.4 Å². The molecule has 8 heteroatoms. The molecule has 0 aliphatic rings. The van der Waals surface area contributed by atoms with Crippen molar-refractivity contribution in [2.24, 2.45) is 0 Å². The van der Waals surface area contributed by atoms with Crippen LogP contribution < -0.4 is 21.9 Å². The molecular formula is C23H20N6O2. The molecule has 0 aliphatic heterocycles. The van der Waals surface area contributed by atoms with Crippen LogP contribution in [0.15, 0.2) is 65.6 Å². The number of amides is 1. The second kappa shape index (κ2) is 8.11. The van der Waals surface area contributed by atoms with Gasteiger partial charge in [-0.25, -0.2) is 4.98 Å². The molecule has 0 radical (unpaired) electrons. The Morgan fingerprint density at radius 1 is 1.13 bits per heavy atom. The standard InChI is InChI=1S/C23H20N6O2/c1-13-9-21(30)29-20-11-16(6-7-17(13)20)28-23(31)18-3-2-8-26-22(18)27-15-5-4-14(12-24)19(25)10-15/h2-12,24H,25H2,1H3,(H,26,27)(H,28,31)(H,29,30). The third-order valence-electron chi connectivity index (χ3n) is 4.87. The first kappa shape index (κ1) is 19.8. The molecule has 6 N–H and O–H groups in total. The number of aryl methyl sites for hydroxylation is 1. The van der Waals surface area contributed by atoms with Crippen molar-refractivity contribution in [1.82, 2.24) is 9.97 Å². The van der Waals surface area contributed by atoms with E-state index < -0.39 is 0 Å². The van der Waals surface area contributed by atoms with Gasteiger partial charge in [0, 0.05) is 46.5 Å². The van der Waals surface area contributed by atoms with Gasteiger partial charge in [0.1, 0.15) is 5.82 Å². The monoisotopic (exact) mass is 412 g/mol. The Bertz CT molecular complexity index is 1380. The molecule has 2 aromatic heterocycles. The van der Waals surface area contributed by atoms with Gasteiger partial charge in [-0.1, -0.05) is 6.07 Å². The fourth-order valence-corrected chi connectivity index (χ4v) is 3.32. The number of hydrogen-bond donors (Lipinski definition) is 5. The van der Waals surface area contributed by atoms with Crippen molar-refractivity contribution >= 4 is 45.9 Å². The van der Waals surface area contributed by atoms with Gasteiger partial charge in [0.25, 0.3) is 5.91 Å². The quantitative estimate of drug-likeness (QED) is 0.251. The molecule has 154 valence electrons. The Morgan fingerprint density at radius 2 is 1.94 bits per heavy atom. The number of nitrogen functional groups attached to an aromatic ring is 1. The molecule has 4 aromatic rings. The summed E-state index contributed by atoms with van der Waals surface area (Å²) in [7, 11) is 0. The van der Waals surface area contributed by atoms with E-state index in [1.165, 1.54) is 12.3 Å². The second-order valence-electron chi connectivity index (χ2n) is 7.04. The summed E-state index contributed by atoms with van der Waals surface area (Å²) in [4.78, 5) is 31.8. The number of aromatic amines is 1. The average molecular weight is 412 g/mol. The minimum absolute atomic E-state index is 0.194. The lowest BCUT2D eigenvalue weighted by Gasteiger charge is -2.13. The van der Waals surface area contributed by atoms with E-state index in [1.807, 2.05) is 13.0 Å². The van der Waals surface area contributed by atoms with Crippen LogP contribution in [0, 0.1) is 12.3 Å². The van der Waals surface area contributed by atoms with E-state index in [1.54, 1.807) is 48.7 Å². The van der Waals surface area contributed by atoms with E-state index in [4.69, 9.17) is 11.1 Å². The van der Waals surface area contributed by atoms with Crippen molar-refractivity contribution < 1.29 is 4.79 Å². The third kappa shape index (κ3) is 4.13. The van der Waals surface area contributed by atoms with Crippen molar-refractivity contribution in [1.29, 1.82) is 5.41 Å². The summed E-state index contributed by atoms with van der Waals surface area (Å²) in [5.41, 5.74) is 9.85. The molecule has 0 aliphatic carbocycles. The van der Waals surface area contributed by atoms with Crippen LogP contribution in [0.1, 0.15) is 21.5 Å². The Kier molecular flexibility index (Phi) is 5.19. The zero-order chi connectivity index (χ0) is 22.0. The predicted molar refractivity (Wildman–Crippen MR) is 124 cm³/mol. The zero-order valence-electron chi connectivity index (χ0n) is 16.7. The molecule has 0 atom stereocenters. The van der Waals surface area contributed by atoms with Crippen molar-refractivity contribution in [3.63, 3.8) is 0 Å². The molecule has 1 amide bonds. The van der Waals surface area contributed by atoms with Crippen molar-refractivity contribution in [2.45, 2.75) is 6.92 Å². The normalized spacial score (nSPS) is 10.6. The first-order valence-corrected chi connectivity index (χ1v) is 9.51. The summed E-state index contributed by atoms with van der Waals surface area (Å²) >= 11 is 0.